The van der Waals surface area contributed by atoms with Crippen LogP contribution >= 0.6 is 0 Å². The van der Waals surface area contributed by atoms with Gasteiger partial charge in [-0.15, -0.1) is 0 Å². The SMILES string of the molecule is C/C=C\C(=O)OC(O)(OC(=O)/C=C\C)[C@H](O)[C@H](O)[C@H](O)[C@@H](O)CO. The van der Waals surface area contributed by atoms with Crippen molar-refractivity contribution in [1.82, 2.24) is 0 Å². The minimum atomic E-state index is -3.36. The van der Waals surface area contributed by atoms with Crippen LogP contribution in [0.1, 0.15) is 13.8 Å². The number of allylic oxidation sites excluding steroid dienone is 2. The molecule has 0 aliphatic rings. The molecule has 0 fully saturated rings. The first-order chi connectivity index (χ1) is 11.1. The highest BCUT2D eigenvalue weighted by Gasteiger charge is 2.50. The van der Waals surface area contributed by atoms with E-state index in [2.05, 4.69) is 9.47 Å². The topological polar surface area (TPSA) is 174 Å². The van der Waals surface area contributed by atoms with E-state index in [0.717, 1.165) is 12.2 Å². The third kappa shape index (κ3) is 6.35. The Morgan fingerprint density at radius 3 is 1.71 bits per heavy atom. The number of aliphatic hydroxyl groups is 6. The molecule has 24 heavy (non-hydrogen) atoms. The highest BCUT2D eigenvalue weighted by molar-refractivity contribution is 5.83. The summed E-state index contributed by atoms with van der Waals surface area (Å²) in [5.41, 5.74) is 0. The summed E-state index contributed by atoms with van der Waals surface area (Å²) < 4.78 is 8.86. The van der Waals surface area contributed by atoms with Gasteiger partial charge in [-0.2, -0.15) is 0 Å². The molecule has 0 bridgehead atoms. The van der Waals surface area contributed by atoms with Gasteiger partial charge in [0.15, 0.2) is 6.10 Å². The second kappa shape index (κ2) is 10.1. The van der Waals surface area contributed by atoms with Crippen LogP contribution in [-0.4, -0.2) is 79.6 Å². The number of aliphatic hydroxyl groups excluding tert-OH is 5. The van der Waals surface area contributed by atoms with Gasteiger partial charge in [-0.25, -0.2) is 9.59 Å². The second-order valence-electron chi connectivity index (χ2n) is 4.65. The second-order valence-corrected chi connectivity index (χ2v) is 4.65. The summed E-state index contributed by atoms with van der Waals surface area (Å²) in [6, 6.07) is 0. The van der Waals surface area contributed by atoms with Gasteiger partial charge in [0.05, 0.1) is 6.61 Å². The van der Waals surface area contributed by atoms with Crippen molar-refractivity contribution in [2.24, 2.45) is 0 Å². The molecule has 6 N–H and O–H groups in total. The fourth-order valence-electron chi connectivity index (χ4n) is 1.51. The van der Waals surface area contributed by atoms with Crippen molar-refractivity contribution in [2.75, 3.05) is 6.61 Å². The maximum absolute atomic E-state index is 11.5. The van der Waals surface area contributed by atoms with Crippen molar-refractivity contribution in [1.29, 1.82) is 0 Å². The van der Waals surface area contributed by atoms with Crippen molar-refractivity contribution < 1.29 is 49.7 Å². The minimum Gasteiger partial charge on any atom is -0.394 e. The Labute approximate surface area is 137 Å². The maximum atomic E-state index is 11.5. The molecule has 0 rings (SSSR count). The molecule has 0 heterocycles. The summed E-state index contributed by atoms with van der Waals surface area (Å²) in [5.74, 6) is -5.81. The van der Waals surface area contributed by atoms with E-state index in [1.54, 1.807) is 0 Å². The molecule has 0 aromatic carbocycles. The predicted molar refractivity (Wildman–Crippen MR) is 77.9 cm³/mol. The molecular formula is C14H22O10. The van der Waals surface area contributed by atoms with Gasteiger partial charge in [-0.1, -0.05) is 12.2 Å². The molecule has 138 valence electrons. The number of hydrogen-bond donors (Lipinski definition) is 6. The Morgan fingerprint density at radius 2 is 1.38 bits per heavy atom. The van der Waals surface area contributed by atoms with Crippen LogP contribution in [0.15, 0.2) is 24.3 Å². The van der Waals surface area contributed by atoms with Crippen molar-refractivity contribution in [3.8, 4) is 0 Å². The molecule has 0 aliphatic carbocycles. The Balaban J connectivity index is 5.49. The third-order valence-corrected chi connectivity index (χ3v) is 2.73. The average Bonchev–Trinajstić information content (AvgIpc) is 2.51. The Kier molecular flexibility index (Phi) is 9.36. The molecular weight excluding hydrogens is 328 g/mol. The first-order valence-corrected chi connectivity index (χ1v) is 6.89. The summed E-state index contributed by atoms with van der Waals surface area (Å²) in [6.07, 6.45) is -4.81. The number of carbonyl (C=O) groups excluding carboxylic acids is 2. The number of hydrogen-bond acceptors (Lipinski definition) is 10. The van der Waals surface area contributed by atoms with Crippen LogP contribution in [0.25, 0.3) is 0 Å². The van der Waals surface area contributed by atoms with Gasteiger partial charge in [0, 0.05) is 12.2 Å². The van der Waals surface area contributed by atoms with E-state index in [1.165, 1.54) is 26.0 Å². The van der Waals surface area contributed by atoms with E-state index in [9.17, 15) is 35.1 Å². The van der Waals surface area contributed by atoms with Crippen LogP contribution in [0.2, 0.25) is 0 Å². The molecule has 0 aliphatic heterocycles. The first-order valence-electron chi connectivity index (χ1n) is 6.89. The maximum Gasteiger partial charge on any atom is 0.404 e. The van der Waals surface area contributed by atoms with Crippen LogP contribution < -0.4 is 0 Å². The van der Waals surface area contributed by atoms with Crippen molar-refractivity contribution >= 4 is 11.9 Å². The lowest BCUT2D eigenvalue weighted by Gasteiger charge is -2.34. The molecule has 4 atom stereocenters. The van der Waals surface area contributed by atoms with E-state index in [-0.39, 0.29) is 0 Å². The first kappa shape index (κ1) is 22.2. The van der Waals surface area contributed by atoms with Crippen LogP contribution in [0, 0.1) is 0 Å². The van der Waals surface area contributed by atoms with Crippen LogP contribution in [-0.2, 0) is 19.1 Å². The van der Waals surface area contributed by atoms with Gasteiger partial charge in [-0.3, -0.25) is 0 Å². The molecule has 0 unspecified atom stereocenters. The largest absolute Gasteiger partial charge is 0.404 e. The molecule has 0 saturated heterocycles. The van der Waals surface area contributed by atoms with Gasteiger partial charge in [0.2, 0.25) is 0 Å². The average molecular weight is 350 g/mol. The fraction of sp³-hybridized carbons (Fsp3) is 0.571. The van der Waals surface area contributed by atoms with Crippen molar-refractivity contribution in [3.63, 3.8) is 0 Å². The Hall–Kier alpha value is -1.82. The Morgan fingerprint density at radius 1 is 0.958 bits per heavy atom. The van der Waals surface area contributed by atoms with Gasteiger partial charge in [-0.05, 0) is 13.8 Å². The number of ether oxygens (including phenoxy) is 2. The lowest BCUT2D eigenvalue weighted by molar-refractivity contribution is -0.372. The smallest absolute Gasteiger partial charge is 0.394 e. The third-order valence-electron chi connectivity index (χ3n) is 2.73. The number of esters is 2. The highest BCUT2D eigenvalue weighted by Crippen LogP contribution is 2.22. The standard InChI is InChI=1S/C14H22O10/c1-3-5-9(17)23-14(22,24-10(18)6-4-2)13(21)12(20)11(19)8(16)7-15/h3-6,8,11-13,15-16,19-22H,7H2,1-2H3/b5-3-,6-4-/t8-,11+,12+,13+/m0/s1. The number of carbonyl (C=O) groups is 2. The van der Waals surface area contributed by atoms with Crippen LogP contribution in [0.5, 0.6) is 0 Å². The fourth-order valence-corrected chi connectivity index (χ4v) is 1.51. The van der Waals surface area contributed by atoms with E-state index < -0.39 is 48.9 Å². The molecule has 0 radical (unpaired) electrons. The van der Waals surface area contributed by atoms with Gasteiger partial charge < -0.3 is 40.1 Å². The molecule has 0 aromatic heterocycles. The van der Waals surface area contributed by atoms with E-state index in [1.807, 2.05) is 0 Å². The summed E-state index contributed by atoms with van der Waals surface area (Å²) in [5, 5.41) is 57.3. The summed E-state index contributed by atoms with van der Waals surface area (Å²) in [4.78, 5) is 22.9. The highest BCUT2D eigenvalue weighted by atomic mass is 16.8. The monoisotopic (exact) mass is 350 g/mol. The van der Waals surface area contributed by atoms with Gasteiger partial charge in [0.25, 0.3) is 0 Å². The number of rotatable bonds is 9. The molecule has 0 spiro atoms. The summed E-state index contributed by atoms with van der Waals surface area (Å²) >= 11 is 0. The lowest BCUT2D eigenvalue weighted by Crippen LogP contribution is -2.59. The van der Waals surface area contributed by atoms with E-state index >= 15 is 0 Å². The minimum absolute atomic E-state index is 0.826. The molecule has 10 heteroatoms. The van der Waals surface area contributed by atoms with Crippen molar-refractivity contribution in [3.05, 3.63) is 24.3 Å². The van der Waals surface area contributed by atoms with Crippen LogP contribution in [0.4, 0.5) is 0 Å². The lowest BCUT2D eigenvalue weighted by atomic mass is 10.0. The Bertz CT molecular complexity index is 446. The molecule has 0 aromatic rings. The zero-order valence-corrected chi connectivity index (χ0v) is 13.1. The predicted octanol–water partition coefficient (Wildman–Crippen LogP) is -2.69. The summed E-state index contributed by atoms with van der Waals surface area (Å²) in [6.45, 7) is 1.91. The van der Waals surface area contributed by atoms with E-state index in [4.69, 9.17) is 5.11 Å². The molecule has 0 amide bonds. The van der Waals surface area contributed by atoms with E-state index in [0.29, 0.717) is 0 Å². The normalized spacial score (nSPS) is 17.5. The van der Waals surface area contributed by atoms with Crippen LogP contribution in [0.3, 0.4) is 0 Å². The van der Waals surface area contributed by atoms with Crippen molar-refractivity contribution in [2.45, 2.75) is 44.2 Å². The quantitative estimate of drug-likeness (QED) is 0.146. The summed E-state index contributed by atoms with van der Waals surface area (Å²) in [7, 11) is 0. The zero-order chi connectivity index (χ0) is 18.9. The molecule has 0 saturated carbocycles. The van der Waals surface area contributed by atoms with Gasteiger partial charge >= 0.3 is 17.9 Å². The van der Waals surface area contributed by atoms with Gasteiger partial charge in [0.1, 0.15) is 18.3 Å². The molecule has 10 nitrogen and oxygen atoms in total. The zero-order valence-electron chi connectivity index (χ0n) is 13.1.